The van der Waals surface area contributed by atoms with Crippen LogP contribution in [0, 0.1) is 13.8 Å². The summed E-state index contributed by atoms with van der Waals surface area (Å²) in [5.41, 5.74) is 3.68. The molecule has 1 aromatic heterocycles. The lowest BCUT2D eigenvalue weighted by molar-refractivity contribution is 0.262. The van der Waals surface area contributed by atoms with Crippen molar-refractivity contribution >= 4 is 50.0 Å². The van der Waals surface area contributed by atoms with Crippen LogP contribution in [0.3, 0.4) is 0 Å². The van der Waals surface area contributed by atoms with Crippen LogP contribution >= 0.6 is 22.9 Å². The van der Waals surface area contributed by atoms with Crippen molar-refractivity contribution in [1.29, 1.82) is 0 Å². The highest BCUT2D eigenvalue weighted by Crippen LogP contribution is 2.33. The number of aromatic nitrogens is 1. The molecule has 0 aliphatic rings. The quantitative estimate of drug-likeness (QED) is 0.677. The number of urea groups is 1. The number of amides is 2. The fourth-order valence-electron chi connectivity index (χ4n) is 2.14. The lowest BCUT2D eigenvalue weighted by Crippen LogP contribution is -2.19. The van der Waals surface area contributed by atoms with Gasteiger partial charge in [0.1, 0.15) is 0 Å². The molecule has 1 heterocycles. The molecule has 2 N–H and O–H groups in total. The maximum Gasteiger partial charge on any atom is 0.325 e. The highest BCUT2D eigenvalue weighted by molar-refractivity contribution is 7.23. The third-order valence-electron chi connectivity index (χ3n) is 3.19. The van der Waals surface area contributed by atoms with Crippen LogP contribution in [0.15, 0.2) is 36.4 Å². The van der Waals surface area contributed by atoms with Crippen LogP contribution in [0.1, 0.15) is 11.1 Å². The monoisotopic (exact) mass is 331 g/mol. The van der Waals surface area contributed by atoms with Gasteiger partial charge in [-0.3, -0.25) is 5.32 Å². The number of carbonyl (C=O) groups excluding carboxylic acids is 1. The number of hydrogen-bond donors (Lipinski definition) is 2. The van der Waals surface area contributed by atoms with E-state index < -0.39 is 0 Å². The van der Waals surface area contributed by atoms with Crippen molar-refractivity contribution in [3.8, 4) is 0 Å². The standard InChI is InChI=1S/C16H14ClN3OS/c1-9-4-3-5-11(8-9)18-15(21)20-16-19-13-10(2)6-7-12(17)14(13)22-16/h3-8H,1-2H3,(H2,18,19,20,21). The molecule has 0 unspecified atom stereocenters. The third-order valence-corrected chi connectivity index (χ3v) is 4.62. The lowest BCUT2D eigenvalue weighted by Gasteiger charge is -2.05. The van der Waals surface area contributed by atoms with E-state index in [-0.39, 0.29) is 6.03 Å². The second-order valence-corrected chi connectivity index (χ2v) is 6.42. The molecular formula is C16H14ClN3OS. The van der Waals surface area contributed by atoms with E-state index in [0.29, 0.717) is 10.2 Å². The summed E-state index contributed by atoms with van der Waals surface area (Å²) in [5.74, 6) is 0. The average molecular weight is 332 g/mol. The van der Waals surface area contributed by atoms with E-state index in [0.717, 1.165) is 27.0 Å². The molecular weight excluding hydrogens is 318 g/mol. The second-order valence-electron chi connectivity index (χ2n) is 5.01. The number of rotatable bonds is 2. The summed E-state index contributed by atoms with van der Waals surface area (Å²) >= 11 is 7.53. The van der Waals surface area contributed by atoms with Gasteiger partial charge >= 0.3 is 6.03 Å². The van der Waals surface area contributed by atoms with Crippen LogP contribution < -0.4 is 10.6 Å². The number of halogens is 1. The van der Waals surface area contributed by atoms with Crippen LogP contribution in [0.4, 0.5) is 15.6 Å². The lowest BCUT2D eigenvalue weighted by atomic mass is 10.2. The summed E-state index contributed by atoms with van der Waals surface area (Å²) < 4.78 is 0.882. The van der Waals surface area contributed by atoms with Crippen molar-refractivity contribution in [1.82, 2.24) is 4.98 Å². The molecule has 0 bridgehead atoms. The molecule has 0 atom stereocenters. The maximum atomic E-state index is 12.1. The van der Waals surface area contributed by atoms with Gasteiger partial charge in [-0.15, -0.1) is 0 Å². The predicted octanol–water partition coefficient (Wildman–Crippen LogP) is 5.21. The van der Waals surface area contributed by atoms with E-state index in [9.17, 15) is 4.79 Å². The topological polar surface area (TPSA) is 54.0 Å². The van der Waals surface area contributed by atoms with E-state index in [4.69, 9.17) is 11.6 Å². The van der Waals surface area contributed by atoms with Crippen LogP contribution in [0.25, 0.3) is 10.2 Å². The molecule has 0 aliphatic carbocycles. The molecule has 0 spiro atoms. The second kappa shape index (κ2) is 5.94. The van der Waals surface area contributed by atoms with Gasteiger partial charge in [-0.25, -0.2) is 9.78 Å². The maximum absolute atomic E-state index is 12.1. The van der Waals surface area contributed by atoms with E-state index in [2.05, 4.69) is 15.6 Å². The molecule has 6 heteroatoms. The Kier molecular flexibility index (Phi) is 4.00. The summed E-state index contributed by atoms with van der Waals surface area (Å²) in [6.45, 7) is 3.94. The minimum absolute atomic E-state index is 0.321. The molecule has 4 nitrogen and oxygen atoms in total. The van der Waals surface area contributed by atoms with Gasteiger partial charge in [0.25, 0.3) is 0 Å². The van der Waals surface area contributed by atoms with Crippen LogP contribution in [0.5, 0.6) is 0 Å². The Morgan fingerprint density at radius 2 is 2.00 bits per heavy atom. The summed E-state index contributed by atoms with van der Waals surface area (Å²) in [6, 6.07) is 11.0. The molecule has 0 saturated carbocycles. The zero-order valence-electron chi connectivity index (χ0n) is 12.1. The van der Waals surface area contributed by atoms with Gasteiger partial charge in [-0.1, -0.05) is 41.1 Å². The van der Waals surface area contributed by atoms with E-state index >= 15 is 0 Å². The molecule has 2 aromatic carbocycles. The van der Waals surface area contributed by atoms with Gasteiger partial charge in [-0.05, 0) is 43.2 Å². The molecule has 3 rings (SSSR count). The molecule has 3 aromatic rings. The number of carbonyl (C=O) groups is 1. The first kappa shape index (κ1) is 14.8. The van der Waals surface area contributed by atoms with Crippen molar-refractivity contribution in [2.24, 2.45) is 0 Å². The van der Waals surface area contributed by atoms with Crippen LogP contribution in [0.2, 0.25) is 5.02 Å². The van der Waals surface area contributed by atoms with E-state index in [1.165, 1.54) is 11.3 Å². The van der Waals surface area contributed by atoms with Gasteiger partial charge in [0.2, 0.25) is 0 Å². The van der Waals surface area contributed by atoms with Crippen LogP contribution in [-0.4, -0.2) is 11.0 Å². The number of aryl methyl sites for hydroxylation is 2. The first-order chi connectivity index (χ1) is 10.5. The van der Waals surface area contributed by atoms with Gasteiger partial charge in [0.15, 0.2) is 5.13 Å². The smallest absolute Gasteiger partial charge is 0.308 e. The minimum atomic E-state index is -0.321. The Morgan fingerprint density at radius 3 is 2.73 bits per heavy atom. The van der Waals surface area contributed by atoms with Crippen molar-refractivity contribution in [2.45, 2.75) is 13.8 Å². The van der Waals surface area contributed by atoms with Crippen molar-refractivity contribution in [3.63, 3.8) is 0 Å². The van der Waals surface area contributed by atoms with Gasteiger partial charge < -0.3 is 5.32 Å². The van der Waals surface area contributed by atoms with Crippen molar-refractivity contribution in [2.75, 3.05) is 10.6 Å². The summed E-state index contributed by atoms with van der Waals surface area (Å²) in [7, 11) is 0. The normalized spacial score (nSPS) is 10.7. The Hall–Kier alpha value is -2.11. The molecule has 0 radical (unpaired) electrons. The summed E-state index contributed by atoms with van der Waals surface area (Å²) in [4.78, 5) is 16.5. The van der Waals surface area contributed by atoms with Crippen LogP contribution in [-0.2, 0) is 0 Å². The number of thiazole rings is 1. The molecule has 22 heavy (non-hydrogen) atoms. The van der Waals surface area contributed by atoms with E-state index in [1.54, 1.807) is 0 Å². The predicted molar refractivity (Wildman–Crippen MR) is 93.2 cm³/mol. The SMILES string of the molecule is Cc1cccc(NC(=O)Nc2nc3c(C)ccc(Cl)c3s2)c1. The average Bonchev–Trinajstić information content (AvgIpc) is 2.88. The Balaban J connectivity index is 1.79. The number of nitrogens with zero attached hydrogens (tertiary/aromatic N) is 1. The highest BCUT2D eigenvalue weighted by atomic mass is 35.5. The molecule has 0 saturated heterocycles. The number of anilines is 2. The first-order valence-corrected chi connectivity index (χ1v) is 7.93. The summed E-state index contributed by atoms with van der Waals surface area (Å²) in [5, 5.41) is 6.71. The fourth-order valence-corrected chi connectivity index (χ4v) is 3.35. The van der Waals surface area contributed by atoms with Gasteiger partial charge in [0, 0.05) is 5.69 Å². The molecule has 112 valence electrons. The number of nitrogens with one attached hydrogen (secondary N) is 2. The fraction of sp³-hybridized carbons (Fsp3) is 0.125. The first-order valence-electron chi connectivity index (χ1n) is 6.73. The van der Waals surface area contributed by atoms with Gasteiger partial charge in [-0.2, -0.15) is 0 Å². The largest absolute Gasteiger partial charge is 0.325 e. The Bertz CT molecular complexity index is 821. The van der Waals surface area contributed by atoms with E-state index in [1.807, 2.05) is 50.2 Å². The zero-order chi connectivity index (χ0) is 15.7. The highest BCUT2D eigenvalue weighted by Gasteiger charge is 2.11. The number of fused-ring (bicyclic) bond motifs is 1. The van der Waals surface area contributed by atoms with Crippen molar-refractivity contribution in [3.05, 3.63) is 52.5 Å². The molecule has 0 aliphatic heterocycles. The minimum Gasteiger partial charge on any atom is -0.308 e. The number of benzene rings is 2. The molecule has 0 fully saturated rings. The summed E-state index contributed by atoms with van der Waals surface area (Å²) in [6.07, 6.45) is 0. The Labute approximate surface area is 137 Å². The van der Waals surface area contributed by atoms with Crippen molar-refractivity contribution < 1.29 is 4.79 Å². The number of hydrogen-bond acceptors (Lipinski definition) is 3. The third kappa shape index (κ3) is 3.05. The zero-order valence-corrected chi connectivity index (χ0v) is 13.7. The van der Waals surface area contributed by atoms with Gasteiger partial charge in [0.05, 0.1) is 15.2 Å². The molecule has 2 amide bonds. The Morgan fingerprint density at radius 1 is 1.18 bits per heavy atom.